The Kier molecular flexibility index (Phi) is 7.41. The number of ether oxygens (including phenoxy) is 1. The first kappa shape index (κ1) is 18.8. The molecule has 0 aromatic heterocycles. The molecule has 0 fully saturated rings. The summed E-state index contributed by atoms with van der Waals surface area (Å²) in [6.45, 7) is 3.81. The average Bonchev–Trinajstić information content (AvgIpc) is 2.50. The third-order valence-corrected chi connectivity index (χ3v) is 3.50. The highest BCUT2D eigenvalue weighted by Gasteiger charge is 2.18. The fourth-order valence-corrected chi connectivity index (χ4v) is 2.21. The van der Waals surface area contributed by atoms with Gasteiger partial charge in [0.2, 0.25) is 5.91 Å². The van der Waals surface area contributed by atoms with Crippen molar-refractivity contribution in [2.45, 2.75) is 26.7 Å². The number of rotatable bonds is 9. The Morgan fingerprint density at radius 2 is 1.87 bits per heavy atom. The molecule has 0 unspecified atom stereocenters. The zero-order valence-corrected chi connectivity index (χ0v) is 13.8. The number of carboxylic acid groups (broad SMARTS) is 1. The first-order chi connectivity index (χ1) is 10.8. The fourth-order valence-electron chi connectivity index (χ4n) is 2.21. The molecule has 1 N–H and O–H groups in total. The van der Waals surface area contributed by atoms with Gasteiger partial charge in [0.05, 0.1) is 6.61 Å². The van der Waals surface area contributed by atoms with E-state index in [2.05, 4.69) is 0 Å². The van der Waals surface area contributed by atoms with E-state index >= 15 is 0 Å². The average molecular weight is 321 g/mol. The van der Waals surface area contributed by atoms with Crippen molar-refractivity contribution in [3.05, 3.63) is 34.9 Å². The van der Waals surface area contributed by atoms with Crippen LogP contribution in [0.15, 0.2) is 18.2 Å². The second-order valence-corrected chi connectivity index (χ2v) is 5.44. The van der Waals surface area contributed by atoms with Crippen molar-refractivity contribution in [1.82, 2.24) is 4.90 Å². The zero-order chi connectivity index (χ0) is 17.4. The van der Waals surface area contributed by atoms with Crippen LogP contribution in [0.3, 0.4) is 0 Å². The fraction of sp³-hybridized carbons (Fsp3) is 0.471. The van der Waals surface area contributed by atoms with Crippen molar-refractivity contribution in [2.75, 3.05) is 26.8 Å². The van der Waals surface area contributed by atoms with Crippen LogP contribution in [0.1, 0.15) is 34.3 Å². The molecule has 0 radical (unpaired) electrons. The lowest BCUT2D eigenvalue weighted by atomic mass is 9.99. The van der Waals surface area contributed by atoms with Crippen molar-refractivity contribution in [3.8, 4) is 0 Å². The van der Waals surface area contributed by atoms with Crippen LogP contribution in [-0.4, -0.2) is 54.5 Å². The van der Waals surface area contributed by atoms with Crippen LogP contribution < -0.4 is 0 Å². The summed E-state index contributed by atoms with van der Waals surface area (Å²) in [6.07, 6.45) is 0.0510. The normalized spacial score (nSPS) is 10.4. The molecule has 1 rings (SSSR count). The quantitative estimate of drug-likeness (QED) is 0.701. The Labute approximate surface area is 136 Å². The van der Waals surface area contributed by atoms with Crippen LogP contribution in [0.5, 0.6) is 0 Å². The highest BCUT2D eigenvalue weighted by atomic mass is 16.5. The Hall–Kier alpha value is -2.21. The van der Waals surface area contributed by atoms with Gasteiger partial charge in [-0.3, -0.25) is 14.4 Å². The highest BCUT2D eigenvalue weighted by molar-refractivity contribution is 5.99. The van der Waals surface area contributed by atoms with Gasteiger partial charge in [0.25, 0.3) is 0 Å². The number of hydrogen-bond acceptors (Lipinski definition) is 4. The molecule has 0 aliphatic carbocycles. The molecule has 1 aromatic rings. The predicted molar refractivity (Wildman–Crippen MR) is 85.6 cm³/mol. The van der Waals surface area contributed by atoms with E-state index in [1.54, 1.807) is 0 Å². The van der Waals surface area contributed by atoms with Gasteiger partial charge in [0, 0.05) is 32.1 Å². The van der Waals surface area contributed by atoms with Crippen LogP contribution >= 0.6 is 0 Å². The molecule has 126 valence electrons. The second kappa shape index (κ2) is 9.05. The third-order valence-electron chi connectivity index (χ3n) is 3.50. The maximum Gasteiger partial charge on any atom is 0.323 e. The zero-order valence-electron chi connectivity index (χ0n) is 13.8. The van der Waals surface area contributed by atoms with Gasteiger partial charge in [-0.2, -0.15) is 0 Å². The molecule has 0 saturated carbocycles. The molecule has 0 aliphatic heterocycles. The van der Waals surface area contributed by atoms with Crippen LogP contribution in [0.4, 0.5) is 0 Å². The van der Waals surface area contributed by atoms with E-state index in [0.29, 0.717) is 5.56 Å². The number of benzene rings is 1. The lowest BCUT2D eigenvalue weighted by Gasteiger charge is -2.20. The lowest BCUT2D eigenvalue weighted by molar-refractivity contribution is -0.144. The maximum absolute atomic E-state index is 12.3. The molecule has 0 atom stereocenters. The molecular formula is C17H23NO5. The van der Waals surface area contributed by atoms with E-state index in [4.69, 9.17) is 9.84 Å². The number of carbonyl (C=O) groups is 3. The van der Waals surface area contributed by atoms with Gasteiger partial charge in [0.15, 0.2) is 5.78 Å². The highest BCUT2D eigenvalue weighted by Crippen LogP contribution is 2.14. The number of methoxy groups -OCH3 is 1. The molecule has 0 spiro atoms. The monoisotopic (exact) mass is 321 g/mol. The van der Waals surface area contributed by atoms with E-state index in [1.165, 1.54) is 12.0 Å². The molecule has 1 aromatic carbocycles. The summed E-state index contributed by atoms with van der Waals surface area (Å²) < 4.78 is 4.87. The Balaban J connectivity index is 2.66. The molecule has 23 heavy (non-hydrogen) atoms. The topological polar surface area (TPSA) is 83.9 Å². The SMILES string of the molecule is COCCN(CC(=O)O)C(=O)CCC(=O)c1cc(C)ccc1C. The molecule has 6 nitrogen and oxygen atoms in total. The molecule has 0 bridgehead atoms. The first-order valence-corrected chi connectivity index (χ1v) is 7.44. The van der Waals surface area contributed by atoms with Crippen molar-refractivity contribution in [2.24, 2.45) is 0 Å². The number of carbonyl (C=O) groups excluding carboxylic acids is 2. The Morgan fingerprint density at radius 1 is 1.17 bits per heavy atom. The predicted octanol–water partition coefficient (Wildman–Crippen LogP) is 1.83. The number of hydrogen-bond donors (Lipinski definition) is 1. The van der Waals surface area contributed by atoms with E-state index < -0.39 is 5.97 Å². The Morgan fingerprint density at radius 3 is 2.48 bits per heavy atom. The molecule has 0 aliphatic rings. The number of amides is 1. The summed E-state index contributed by atoms with van der Waals surface area (Å²) in [5.74, 6) is -1.56. The van der Waals surface area contributed by atoms with E-state index in [1.807, 2.05) is 32.0 Å². The van der Waals surface area contributed by atoms with Gasteiger partial charge >= 0.3 is 5.97 Å². The standard InChI is InChI=1S/C17H23NO5/c1-12-4-5-13(2)14(10-12)15(19)6-7-16(20)18(8-9-23-3)11-17(21)22/h4-5,10H,6-9,11H2,1-3H3,(H,21,22). The van der Waals surface area contributed by atoms with Crippen LogP contribution in [-0.2, 0) is 14.3 Å². The molecule has 0 saturated heterocycles. The van der Waals surface area contributed by atoms with Gasteiger partial charge in [0.1, 0.15) is 6.54 Å². The van der Waals surface area contributed by atoms with Crippen molar-refractivity contribution in [3.63, 3.8) is 0 Å². The number of aryl methyl sites for hydroxylation is 2. The van der Waals surface area contributed by atoms with Gasteiger partial charge in [-0.15, -0.1) is 0 Å². The summed E-state index contributed by atoms with van der Waals surface area (Å²) in [5, 5.41) is 8.85. The minimum atomic E-state index is -1.09. The van der Waals surface area contributed by atoms with Crippen LogP contribution in [0.25, 0.3) is 0 Å². The number of nitrogens with zero attached hydrogens (tertiary/aromatic N) is 1. The molecular weight excluding hydrogens is 298 g/mol. The minimum absolute atomic E-state index is 0.0107. The summed E-state index contributed by atoms with van der Waals surface area (Å²) in [5.41, 5.74) is 2.46. The molecule has 1 amide bonds. The molecule has 0 heterocycles. The summed E-state index contributed by atoms with van der Waals surface area (Å²) in [4.78, 5) is 36.4. The van der Waals surface area contributed by atoms with Gasteiger partial charge in [-0.05, 0) is 25.5 Å². The molecule has 6 heteroatoms. The number of carboxylic acids is 1. The number of ketones is 1. The third kappa shape index (κ3) is 6.20. The smallest absolute Gasteiger partial charge is 0.323 e. The lowest BCUT2D eigenvalue weighted by Crippen LogP contribution is -2.38. The van der Waals surface area contributed by atoms with Crippen LogP contribution in [0, 0.1) is 13.8 Å². The van der Waals surface area contributed by atoms with Crippen LogP contribution in [0.2, 0.25) is 0 Å². The van der Waals surface area contributed by atoms with Crippen molar-refractivity contribution >= 4 is 17.7 Å². The van der Waals surface area contributed by atoms with E-state index in [0.717, 1.165) is 11.1 Å². The summed E-state index contributed by atoms with van der Waals surface area (Å²) in [6, 6.07) is 5.61. The van der Waals surface area contributed by atoms with Gasteiger partial charge in [-0.25, -0.2) is 0 Å². The Bertz CT molecular complexity index is 582. The van der Waals surface area contributed by atoms with E-state index in [9.17, 15) is 14.4 Å². The van der Waals surface area contributed by atoms with Crippen molar-refractivity contribution < 1.29 is 24.2 Å². The summed E-state index contributed by atoms with van der Waals surface area (Å²) >= 11 is 0. The first-order valence-electron chi connectivity index (χ1n) is 7.44. The van der Waals surface area contributed by atoms with Gasteiger partial charge in [-0.1, -0.05) is 17.7 Å². The number of Topliss-reactive ketones (excluding diaryl/α,β-unsaturated/α-hetero) is 1. The van der Waals surface area contributed by atoms with Crippen molar-refractivity contribution in [1.29, 1.82) is 0 Å². The largest absolute Gasteiger partial charge is 0.480 e. The van der Waals surface area contributed by atoms with E-state index in [-0.39, 0.29) is 44.2 Å². The van der Waals surface area contributed by atoms with Gasteiger partial charge < -0.3 is 14.7 Å². The second-order valence-electron chi connectivity index (χ2n) is 5.44. The summed E-state index contributed by atoms with van der Waals surface area (Å²) in [7, 11) is 1.48. The number of aliphatic carboxylic acids is 1. The maximum atomic E-state index is 12.3. The minimum Gasteiger partial charge on any atom is -0.480 e.